The van der Waals surface area contributed by atoms with E-state index in [-0.39, 0.29) is 0 Å². The van der Waals surface area contributed by atoms with Gasteiger partial charge in [0, 0.05) is 0 Å². The van der Waals surface area contributed by atoms with Crippen molar-refractivity contribution >= 4 is 0 Å². The molecule has 1 saturated carbocycles. The number of rotatable bonds is 6. The largest absolute Gasteiger partial charge is 0.501 e. The summed E-state index contributed by atoms with van der Waals surface area (Å²) in [6.45, 7) is 5.70. The normalized spacial score (nSPS) is 26.2. The van der Waals surface area contributed by atoms with Crippen molar-refractivity contribution in [3.63, 3.8) is 0 Å². The Bertz CT molecular complexity index is 209. The molecular formula is C15H26O2. The van der Waals surface area contributed by atoms with E-state index in [0.29, 0.717) is 11.8 Å². The van der Waals surface area contributed by atoms with Gasteiger partial charge in [-0.3, -0.25) is 0 Å². The van der Waals surface area contributed by atoms with Crippen molar-refractivity contribution in [1.29, 1.82) is 0 Å². The van der Waals surface area contributed by atoms with Crippen LogP contribution in [0.1, 0.15) is 46.0 Å². The number of allylic oxidation sites excluding steroid dienone is 2. The first kappa shape index (κ1) is 14.1. The summed E-state index contributed by atoms with van der Waals surface area (Å²) >= 11 is 0. The molecular weight excluding hydrogens is 212 g/mol. The number of ether oxygens (including phenoxy) is 2. The SMILES string of the molecule is CC=COCC1CCCCC(COC=CC)C1. The second kappa shape index (κ2) is 9.15. The van der Waals surface area contributed by atoms with Gasteiger partial charge >= 0.3 is 0 Å². The van der Waals surface area contributed by atoms with Crippen LogP contribution in [0.25, 0.3) is 0 Å². The summed E-state index contributed by atoms with van der Waals surface area (Å²) in [5.74, 6) is 1.40. The summed E-state index contributed by atoms with van der Waals surface area (Å²) in [6.07, 6.45) is 14.0. The summed E-state index contributed by atoms with van der Waals surface area (Å²) in [4.78, 5) is 0. The maximum atomic E-state index is 5.52. The van der Waals surface area contributed by atoms with Crippen molar-refractivity contribution in [3.8, 4) is 0 Å². The van der Waals surface area contributed by atoms with Crippen molar-refractivity contribution in [2.75, 3.05) is 13.2 Å². The van der Waals surface area contributed by atoms with Crippen LogP contribution in [0.4, 0.5) is 0 Å². The fourth-order valence-electron chi connectivity index (χ4n) is 2.45. The first-order valence-corrected chi connectivity index (χ1v) is 6.82. The third kappa shape index (κ3) is 6.40. The van der Waals surface area contributed by atoms with Gasteiger partial charge in [0.2, 0.25) is 0 Å². The maximum Gasteiger partial charge on any atom is 0.0901 e. The average molecular weight is 238 g/mol. The molecule has 0 aromatic rings. The van der Waals surface area contributed by atoms with Gasteiger partial charge in [-0.2, -0.15) is 0 Å². The molecule has 0 spiro atoms. The molecule has 1 rings (SSSR count). The molecule has 2 heteroatoms. The van der Waals surface area contributed by atoms with Crippen LogP contribution in [0.2, 0.25) is 0 Å². The lowest BCUT2D eigenvalue weighted by atomic mass is 9.94. The molecule has 0 amide bonds. The van der Waals surface area contributed by atoms with Crippen LogP contribution in [0.15, 0.2) is 24.7 Å². The van der Waals surface area contributed by atoms with Crippen molar-refractivity contribution in [2.45, 2.75) is 46.0 Å². The lowest BCUT2D eigenvalue weighted by Gasteiger charge is -2.19. The van der Waals surface area contributed by atoms with E-state index in [2.05, 4.69) is 0 Å². The van der Waals surface area contributed by atoms with E-state index in [0.717, 1.165) is 13.2 Å². The molecule has 98 valence electrons. The lowest BCUT2D eigenvalue weighted by Crippen LogP contribution is -2.14. The predicted octanol–water partition coefficient (Wildman–Crippen LogP) is 4.28. The van der Waals surface area contributed by atoms with E-state index in [9.17, 15) is 0 Å². The third-order valence-electron chi connectivity index (χ3n) is 3.27. The maximum absolute atomic E-state index is 5.52. The second-order valence-corrected chi connectivity index (χ2v) is 4.86. The molecule has 0 aromatic heterocycles. The standard InChI is InChI=1S/C15H26O2/c1-3-9-16-12-14-7-5-6-8-15(11-14)13-17-10-4-2/h3-4,9-10,14-15H,5-8,11-13H2,1-2H3. The minimum Gasteiger partial charge on any atom is -0.501 e. The molecule has 0 heterocycles. The zero-order valence-corrected chi connectivity index (χ0v) is 11.2. The van der Waals surface area contributed by atoms with Gasteiger partial charge in [-0.1, -0.05) is 25.0 Å². The van der Waals surface area contributed by atoms with Crippen LogP contribution in [0.5, 0.6) is 0 Å². The summed E-state index contributed by atoms with van der Waals surface area (Å²) < 4.78 is 11.0. The zero-order chi connectivity index (χ0) is 12.3. The van der Waals surface area contributed by atoms with Gasteiger partial charge in [-0.15, -0.1) is 0 Å². The topological polar surface area (TPSA) is 18.5 Å². The van der Waals surface area contributed by atoms with Gasteiger partial charge in [0.25, 0.3) is 0 Å². The molecule has 0 N–H and O–H groups in total. The van der Waals surface area contributed by atoms with Crippen molar-refractivity contribution in [3.05, 3.63) is 24.7 Å². The Morgan fingerprint density at radius 2 is 1.35 bits per heavy atom. The Labute approximate surface area is 106 Å². The number of hydrogen-bond acceptors (Lipinski definition) is 2. The van der Waals surface area contributed by atoms with Crippen molar-refractivity contribution in [2.24, 2.45) is 11.8 Å². The van der Waals surface area contributed by atoms with Crippen LogP contribution >= 0.6 is 0 Å². The van der Waals surface area contributed by atoms with E-state index in [1.807, 2.05) is 26.0 Å². The molecule has 2 atom stereocenters. The Hall–Kier alpha value is -0.920. The second-order valence-electron chi connectivity index (χ2n) is 4.86. The van der Waals surface area contributed by atoms with Gasteiger partial charge in [0.15, 0.2) is 0 Å². The van der Waals surface area contributed by atoms with Gasteiger partial charge in [0.05, 0.1) is 25.7 Å². The van der Waals surface area contributed by atoms with E-state index in [1.165, 1.54) is 32.1 Å². The monoisotopic (exact) mass is 238 g/mol. The fraction of sp³-hybridized carbons (Fsp3) is 0.733. The highest BCUT2D eigenvalue weighted by Gasteiger charge is 2.20. The Morgan fingerprint density at radius 3 is 1.76 bits per heavy atom. The number of hydrogen-bond donors (Lipinski definition) is 0. The van der Waals surface area contributed by atoms with E-state index >= 15 is 0 Å². The first-order chi connectivity index (χ1) is 8.36. The van der Waals surface area contributed by atoms with Gasteiger partial charge < -0.3 is 9.47 Å². The molecule has 1 fully saturated rings. The smallest absolute Gasteiger partial charge is 0.0901 e. The molecule has 17 heavy (non-hydrogen) atoms. The van der Waals surface area contributed by atoms with E-state index in [1.54, 1.807) is 12.5 Å². The van der Waals surface area contributed by atoms with Crippen LogP contribution < -0.4 is 0 Å². The highest BCUT2D eigenvalue weighted by molar-refractivity contribution is 4.74. The van der Waals surface area contributed by atoms with Crippen molar-refractivity contribution in [1.82, 2.24) is 0 Å². The molecule has 1 aliphatic carbocycles. The summed E-state index contributed by atoms with van der Waals surface area (Å²) in [6, 6.07) is 0. The van der Waals surface area contributed by atoms with Crippen LogP contribution in [-0.2, 0) is 9.47 Å². The Balaban J connectivity index is 2.29. The molecule has 1 aliphatic rings. The summed E-state index contributed by atoms with van der Waals surface area (Å²) in [5.41, 5.74) is 0. The van der Waals surface area contributed by atoms with Crippen molar-refractivity contribution < 1.29 is 9.47 Å². The first-order valence-electron chi connectivity index (χ1n) is 6.82. The molecule has 0 bridgehead atoms. The quantitative estimate of drug-likeness (QED) is 0.508. The van der Waals surface area contributed by atoms with Crippen LogP contribution in [-0.4, -0.2) is 13.2 Å². The van der Waals surface area contributed by atoms with Crippen LogP contribution in [0.3, 0.4) is 0 Å². The highest BCUT2D eigenvalue weighted by atomic mass is 16.5. The zero-order valence-electron chi connectivity index (χ0n) is 11.2. The summed E-state index contributed by atoms with van der Waals surface area (Å²) in [7, 11) is 0. The third-order valence-corrected chi connectivity index (χ3v) is 3.27. The molecule has 0 aliphatic heterocycles. The minimum absolute atomic E-state index is 0.702. The molecule has 0 saturated heterocycles. The predicted molar refractivity (Wildman–Crippen MR) is 71.6 cm³/mol. The van der Waals surface area contributed by atoms with Gasteiger partial charge in [0.1, 0.15) is 0 Å². The Morgan fingerprint density at radius 1 is 0.882 bits per heavy atom. The van der Waals surface area contributed by atoms with Gasteiger partial charge in [-0.25, -0.2) is 0 Å². The molecule has 0 radical (unpaired) electrons. The lowest BCUT2D eigenvalue weighted by molar-refractivity contribution is 0.140. The minimum atomic E-state index is 0.702. The van der Waals surface area contributed by atoms with E-state index in [4.69, 9.17) is 9.47 Å². The average Bonchev–Trinajstić information content (AvgIpc) is 2.55. The molecule has 2 unspecified atom stereocenters. The van der Waals surface area contributed by atoms with Crippen LogP contribution in [0, 0.1) is 11.8 Å². The molecule has 2 nitrogen and oxygen atoms in total. The fourth-order valence-corrected chi connectivity index (χ4v) is 2.45. The molecule has 0 aromatic carbocycles. The van der Waals surface area contributed by atoms with Gasteiger partial charge in [-0.05, 0) is 44.9 Å². The van der Waals surface area contributed by atoms with E-state index < -0.39 is 0 Å². The highest BCUT2D eigenvalue weighted by Crippen LogP contribution is 2.28. The Kier molecular flexibility index (Phi) is 7.61. The summed E-state index contributed by atoms with van der Waals surface area (Å²) in [5, 5.41) is 0.